The zero-order valence-electron chi connectivity index (χ0n) is 26.8. The summed E-state index contributed by atoms with van der Waals surface area (Å²) in [6.45, 7) is 2.47. The van der Waals surface area contributed by atoms with Crippen LogP contribution in [-0.2, 0) is 28.5 Å². The summed E-state index contributed by atoms with van der Waals surface area (Å²) in [6.07, 6.45) is -16.5. The van der Waals surface area contributed by atoms with Gasteiger partial charge in [-0.05, 0) is 23.3 Å². The van der Waals surface area contributed by atoms with E-state index in [9.17, 15) is 40.5 Å². The summed E-state index contributed by atoms with van der Waals surface area (Å²) in [6, 6.07) is 18.3. The van der Waals surface area contributed by atoms with Gasteiger partial charge in [0.1, 0.15) is 62.0 Å². The summed E-state index contributed by atoms with van der Waals surface area (Å²) < 4.78 is 27.0. The Kier molecular flexibility index (Phi) is 13.7. The fourth-order valence-corrected chi connectivity index (χ4v) is 6.39. The zero-order chi connectivity index (χ0) is 35.1. The minimum absolute atomic E-state index is 0.0903. The lowest BCUT2D eigenvalue weighted by Gasteiger charge is -2.45. The molecule has 49 heavy (non-hydrogen) atoms. The Labute approximate surface area is 288 Å². The molecule has 0 spiro atoms. The van der Waals surface area contributed by atoms with E-state index in [2.05, 4.69) is 34.1 Å². The van der Waals surface area contributed by atoms with Crippen molar-refractivity contribution < 1.29 is 64.2 Å². The molecule has 0 amide bonds. The van der Waals surface area contributed by atoms with E-state index in [0.717, 1.165) is 31.7 Å². The van der Waals surface area contributed by atoms with Gasteiger partial charge in [-0.3, -0.25) is 9.80 Å². The second-order valence-corrected chi connectivity index (χ2v) is 12.8. The highest BCUT2D eigenvalue weighted by Crippen LogP contribution is 2.31. The first-order valence-electron chi connectivity index (χ1n) is 16.2. The van der Waals surface area contributed by atoms with E-state index >= 15 is 0 Å². The minimum Gasteiger partial charge on any atom is -0.461 e. The highest BCUT2D eigenvalue weighted by Gasteiger charge is 2.50. The molecular weight excluding hydrogens is 668 g/mol. The zero-order valence-corrected chi connectivity index (χ0v) is 27.5. The number of benzene rings is 2. The maximum absolute atomic E-state index is 12.5. The van der Waals surface area contributed by atoms with Crippen molar-refractivity contribution in [1.29, 1.82) is 0 Å². The van der Waals surface area contributed by atoms with Crippen LogP contribution in [0.4, 0.5) is 0 Å². The predicted octanol–water partition coefficient (Wildman–Crippen LogP) is -1.77. The lowest BCUT2D eigenvalue weighted by atomic mass is 9.96. The van der Waals surface area contributed by atoms with E-state index in [0.29, 0.717) is 11.6 Å². The Morgan fingerprint density at radius 2 is 1.49 bits per heavy atom. The second-order valence-electron chi connectivity index (χ2n) is 12.3. The summed E-state index contributed by atoms with van der Waals surface area (Å²) in [5.74, 6) is -0.760. The second kappa shape index (κ2) is 17.7. The molecule has 16 heteroatoms. The van der Waals surface area contributed by atoms with Gasteiger partial charge in [0.15, 0.2) is 12.6 Å². The normalized spacial score (nSPS) is 33.6. The van der Waals surface area contributed by atoms with Gasteiger partial charge in [0.2, 0.25) is 0 Å². The molecule has 0 unspecified atom stereocenters. The number of halogens is 1. The number of aliphatic hydroxyl groups is 7. The fourth-order valence-electron chi connectivity index (χ4n) is 6.26. The number of hydrogen-bond acceptors (Lipinski definition) is 15. The molecule has 0 saturated carbocycles. The first kappa shape index (κ1) is 37.9. The molecule has 5 rings (SSSR count). The van der Waals surface area contributed by atoms with Crippen molar-refractivity contribution in [3.05, 3.63) is 70.7 Å². The summed E-state index contributed by atoms with van der Waals surface area (Å²) in [5, 5.41) is 71.3. The van der Waals surface area contributed by atoms with Crippen LogP contribution in [-0.4, -0.2) is 172 Å². The van der Waals surface area contributed by atoms with Gasteiger partial charge in [-0.1, -0.05) is 54.1 Å². The van der Waals surface area contributed by atoms with Gasteiger partial charge >= 0.3 is 5.97 Å². The lowest BCUT2D eigenvalue weighted by molar-refractivity contribution is -0.355. The molecule has 272 valence electrons. The van der Waals surface area contributed by atoms with Gasteiger partial charge in [0.05, 0.1) is 19.3 Å². The molecular formula is C33H45ClN2O13. The SMILES string of the molecule is O=C(COCCN1CCN([C@H](c2ccccc2)c2ccc(Cl)cc2)CC1)OC[C@H]1O[C@@H](O)[C@H](O)[C@@H](O)[C@@H]1O[C@@H]1O[C@H](CO)[C@H](O)[C@H](O)[C@H]1O. The molecule has 3 aliphatic rings. The van der Waals surface area contributed by atoms with Crippen LogP contribution in [0.5, 0.6) is 0 Å². The molecule has 7 N–H and O–H groups in total. The first-order valence-corrected chi connectivity index (χ1v) is 16.6. The van der Waals surface area contributed by atoms with Crippen LogP contribution in [0.1, 0.15) is 17.2 Å². The van der Waals surface area contributed by atoms with Crippen molar-refractivity contribution in [2.75, 3.05) is 59.2 Å². The molecule has 0 bridgehead atoms. The Bertz CT molecular complexity index is 1300. The average Bonchev–Trinajstić information content (AvgIpc) is 3.11. The number of ether oxygens (including phenoxy) is 5. The maximum atomic E-state index is 12.5. The Hall–Kier alpha value is -2.32. The number of piperazine rings is 1. The van der Waals surface area contributed by atoms with E-state index in [4.69, 9.17) is 35.3 Å². The predicted molar refractivity (Wildman–Crippen MR) is 171 cm³/mol. The molecule has 11 atom stereocenters. The van der Waals surface area contributed by atoms with Crippen LogP contribution in [0.25, 0.3) is 0 Å². The number of carbonyl (C=O) groups excluding carboxylic acids is 1. The van der Waals surface area contributed by atoms with E-state index in [-0.39, 0.29) is 19.3 Å². The number of aliphatic hydroxyl groups excluding tert-OH is 7. The van der Waals surface area contributed by atoms with E-state index in [1.54, 1.807) is 0 Å². The van der Waals surface area contributed by atoms with Crippen LogP contribution in [0, 0.1) is 0 Å². The van der Waals surface area contributed by atoms with Crippen LogP contribution in [0.15, 0.2) is 54.6 Å². The fraction of sp³-hybridized carbons (Fsp3) is 0.606. The van der Waals surface area contributed by atoms with Crippen LogP contribution < -0.4 is 0 Å². The molecule has 3 fully saturated rings. The van der Waals surface area contributed by atoms with Crippen molar-refractivity contribution in [3.8, 4) is 0 Å². The maximum Gasteiger partial charge on any atom is 0.332 e. The van der Waals surface area contributed by atoms with Gasteiger partial charge in [0, 0.05) is 37.7 Å². The monoisotopic (exact) mass is 712 g/mol. The van der Waals surface area contributed by atoms with Crippen molar-refractivity contribution in [3.63, 3.8) is 0 Å². The molecule has 2 aromatic carbocycles. The summed E-state index contributed by atoms with van der Waals surface area (Å²) in [5.41, 5.74) is 2.36. The Morgan fingerprint density at radius 3 is 2.16 bits per heavy atom. The smallest absolute Gasteiger partial charge is 0.332 e. The van der Waals surface area contributed by atoms with Gasteiger partial charge < -0.3 is 59.4 Å². The molecule has 3 saturated heterocycles. The standard InChI is InChI=1S/C33H45ClN2O13/c34-21-8-6-20(7-9-21)25(19-4-2-1-3-5-19)36-12-10-35(11-13-36)14-15-45-18-24(38)46-17-23-31(28(41)29(42)32(44)47-23)49-33-30(43)27(40)26(39)22(16-37)48-33/h1-9,22-23,25-33,37,39-44H,10-18H2/t22-,23-,25-,26+,27+,28-,29-,30-,31-,32-,33+/m1/s1. The number of carbonyl (C=O) groups is 1. The van der Waals surface area contributed by atoms with E-state index < -0.39 is 80.6 Å². The first-order chi connectivity index (χ1) is 23.6. The number of rotatable bonds is 13. The summed E-state index contributed by atoms with van der Waals surface area (Å²) in [7, 11) is 0. The molecule has 15 nitrogen and oxygen atoms in total. The third-order valence-electron chi connectivity index (χ3n) is 9.05. The molecule has 2 aromatic rings. The molecule has 0 radical (unpaired) electrons. The third kappa shape index (κ3) is 9.52. The Morgan fingerprint density at radius 1 is 0.816 bits per heavy atom. The van der Waals surface area contributed by atoms with Gasteiger partial charge in [-0.2, -0.15) is 0 Å². The van der Waals surface area contributed by atoms with Crippen molar-refractivity contribution >= 4 is 17.6 Å². The van der Waals surface area contributed by atoms with Crippen LogP contribution in [0.3, 0.4) is 0 Å². The molecule has 3 aliphatic heterocycles. The quantitative estimate of drug-likeness (QED) is 0.0905. The van der Waals surface area contributed by atoms with Gasteiger partial charge in [-0.15, -0.1) is 0 Å². The van der Waals surface area contributed by atoms with Gasteiger partial charge in [0.25, 0.3) is 0 Å². The van der Waals surface area contributed by atoms with E-state index in [1.807, 2.05) is 30.3 Å². The largest absolute Gasteiger partial charge is 0.461 e. The minimum atomic E-state index is -1.85. The topological polar surface area (TPSA) is 211 Å². The highest BCUT2D eigenvalue weighted by atomic mass is 35.5. The third-order valence-corrected chi connectivity index (χ3v) is 9.30. The van der Waals surface area contributed by atoms with Gasteiger partial charge in [-0.25, -0.2) is 4.79 Å². The number of hydrogen-bond donors (Lipinski definition) is 7. The Balaban J connectivity index is 1.06. The highest BCUT2D eigenvalue weighted by molar-refractivity contribution is 6.30. The van der Waals surface area contributed by atoms with Crippen molar-refractivity contribution in [2.45, 2.75) is 67.5 Å². The average molecular weight is 713 g/mol. The van der Waals surface area contributed by atoms with Crippen LogP contribution in [0.2, 0.25) is 5.02 Å². The molecule has 0 aliphatic carbocycles. The molecule has 3 heterocycles. The van der Waals surface area contributed by atoms with Crippen molar-refractivity contribution in [2.24, 2.45) is 0 Å². The lowest BCUT2D eigenvalue weighted by Crippen LogP contribution is -2.64. The summed E-state index contributed by atoms with van der Waals surface area (Å²) >= 11 is 6.14. The number of esters is 1. The van der Waals surface area contributed by atoms with E-state index in [1.165, 1.54) is 5.56 Å². The molecule has 0 aromatic heterocycles. The number of nitrogens with zero attached hydrogens (tertiary/aromatic N) is 2. The van der Waals surface area contributed by atoms with Crippen LogP contribution >= 0.6 is 11.6 Å². The summed E-state index contributed by atoms with van der Waals surface area (Å²) in [4.78, 5) is 17.2. The van der Waals surface area contributed by atoms with Crippen molar-refractivity contribution in [1.82, 2.24) is 9.80 Å².